The van der Waals surface area contributed by atoms with Gasteiger partial charge in [0.2, 0.25) is 5.91 Å². The molecule has 2 atom stereocenters. The largest absolute Gasteiger partial charge is 0.322 e. The number of amides is 3. The lowest BCUT2D eigenvalue weighted by atomic mass is 10.1. The number of rotatable bonds is 1. The van der Waals surface area contributed by atoms with Crippen LogP contribution in [0.2, 0.25) is 0 Å². The van der Waals surface area contributed by atoms with E-state index >= 15 is 0 Å². The van der Waals surface area contributed by atoms with E-state index in [9.17, 15) is 9.59 Å². The van der Waals surface area contributed by atoms with Gasteiger partial charge in [-0.3, -0.25) is 15.0 Å². The molecule has 1 rings (SSSR count). The van der Waals surface area contributed by atoms with Gasteiger partial charge in [-0.05, 0) is 14.1 Å². The molecule has 3 amide bonds. The number of hydrogen-bond acceptors (Lipinski definition) is 3. The second-order valence-electron chi connectivity index (χ2n) is 3.16. The molecule has 0 aliphatic carbocycles. The van der Waals surface area contributed by atoms with Crippen molar-refractivity contribution in [3.05, 3.63) is 0 Å². The van der Waals surface area contributed by atoms with Gasteiger partial charge in [0.05, 0.1) is 12.1 Å². The van der Waals surface area contributed by atoms with Crippen molar-refractivity contribution in [1.82, 2.24) is 15.5 Å². The van der Waals surface area contributed by atoms with E-state index in [1.807, 2.05) is 14.1 Å². The summed E-state index contributed by atoms with van der Waals surface area (Å²) in [6.07, 6.45) is -0.203. The van der Waals surface area contributed by atoms with Crippen LogP contribution in [0.1, 0.15) is 6.92 Å². The number of carbonyl (C=O) groups excluding carboxylic acids is 2. The van der Waals surface area contributed by atoms with Crippen LogP contribution in [0.3, 0.4) is 0 Å². The lowest BCUT2D eigenvalue weighted by molar-refractivity contribution is -0.126. The van der Waals surface area contributed by atoms with Crippen molar-refractivity contribution in [2.75, 3.05) is 14.1 Å². The van der Waals surface area contributed by atoms with Gasteiger partial charge in [-0.1, -0.05) is 6.92 Å². The van der Waals surface area contributed by atoms with Crippen LogP contribution in [0.4, 0.5) is 4.79 Å². The van der Waals surface area contributed by atoms with Crippen LogP contribution < -0.4 is 10.6 Å². The Labute approximate surface area is 71.1 Å². The van der Waals surface area contributed by atoms with E-state index in [0.717, 1.165) is 0 Å². The highest BCUT2D eigenvalue weighted by Crippen LogP contribution is 2.08. The molecule has 0 bridgehead atoms. The molecule has 5 heteroatoms. The monoisotopic (exact) mass is 171 g/mol. The molecule has 1 saturated heterocycles. The number of urea groups is 1. The van der Waals surface area contributed by atoms with E-state index in [1.54, 1.807) is 11.8 Å². The van der Waals surface area contributed by atoms with Gasteiger partial charge in [0.15, 0.2) is 0 Å². The van der Waals surface area contributed by atoms with Gasteiger partial charge in [-0.2, -0.15) is 0 Å². The molecule has 1 fully saturated rings. The smallest absolute Gasteiger partial charge is 0.321 e. The fraction of sp³-hybridized carbons (Fsp3) is 0.714. The maximum absolute atomic E-state index is 11.1. The quantitative estimate of drug-likeness (QED) is 0.551. The zero-order chi connectivity index (χ0) is 9.30. The molecule has 0 saturated carbocycles. The Morgan fingerprint density at radius 2 is 1.92 bits per heavy atom. The molecule has 0 aromatic carbocycles. The van der Waals surface area contributed by atoms with Crippen molar-refractivity contribution in [2.24, 2.45) is 5.92 Å². The summed E-state index contributed by atoms with van der Waals surface area (Å²) in [5.74, 6) is -0.435. The molecular weight excluding hydrogens is 158 g/mol. The third kappa shape index (κ3) is 1.55. The molecule has 2 unspecified atom stereocenters. The number of nitrogens with one attached hydrogen (secondary N) is 2. The van der Waals surface area contributed by atoms with E-state index in [4.69, 9.17) is 0 Å². The summed E-state index contributed by atoms with van der Waals surface area (Å²) in [6, 6.07) is -0.420. The number of hydrogen-bond donors (Lipinski definition) is 2. The van der Waals surface area contributed by atoms with Crippen LogP contribution in [0.5, 0.6) is 0 Å². The fourth-order valence-electron chi connectivity index (χ4n) is 1.24. The van der Waals surface area contributed by atoms with Crippen LogP contribution in [-0.4, -0.2) is 37.1 Å². The maximum Gasteiger partial charge on any atom is 0.322 e. The number of nitrogens with zero attached hydrogens (tertiary/aromatic N) is 1. The number of carbonyl (C=O) groups is 2. The van der Waals surface area contributed by atoms with Crippen LogP contribution >= 0.6 is 0 Å². The Bertz CT molecular complexity index is 215. The van der Waals surface area contributed by atoms with Gasteiger partial charge in [0.25, 0.3) is 0 Å². The molecule has 2 N–H and O–H groups in total. The van der Waals surface area contributed by atoms with Crippen LogP contribution in [0.15, 0.2) is 0 Å². The topological polar surface area (TPSA) is 61.4 Å². The van der Waals surface area contributed by atoms with Gasteiger partial charge in [-0.15, -0.1) is 0 Å². The zero-order valence-electron chi connectivity index (χ0n) is 7.42. The van der Waals surface area contributed by atoms with Gasteiger partial charge < -0.3 is 5.32 Å². The van der Waals surface area contributed by atoms with E-state index in [-0.39, 0.29) is 18.0 Å². The summed E-state index contributed by atoms with van der Waals surface area (Å²) in [5, 5.41) is 4.85. The Kier molecular flexibility index (Phi) is 2.32. The Morgan fingerprint density at radius 1 is 1.33 bits per heavy atom. The van der Waals surface area contributed by atoms with Crippen molar-refractivity contribution >= 4 is 11.9 Å². The first kappa shape index (κ1) is 8.99. The van der Waals surface area contributed by atoms with E-state index in [0.29, 0.717) is 0 Å². The van der Waals surface area contributed by atoms with Crippen LogP contribution in [0, 0.1) is 5.92 Å². The highest BCUT2D eigenvalue weighted by Gasteiger charge is 2.32. The zero-order valence-corrected chi connectivity index (χ0v) is 7.42. The Morgan fingerprint density at radius 3 is 2.42 bits per heavy atom. The van der Waals surface area contributed by atoms with E-state index in [2.05, 4.69) is 10.6 Å². The van der Waals surface area contributed by atoms with Crippen molar-refractivity contribution < 1.29 is 9.59 Å². The SMILES string of the molecule is CC1C(=O)NC(=O)NC1N(C)C. The van der Waals surface area contributed by atoms with Gasteiger partial charge >= 0.3 is 6.03 Å². The first-order chi connectivity index (χ1) is 5.52. The van der Waals surface area contributed by atoms with E-state index < -0.39 is 6.03 Å². The molecular formula is C7H13N3O2. The first-order valence-corrected chi connectivity index (χ1v) is 3.80. The lowest BCUT2D eigenvalue weighted by Crippen LogP contribution is -2.61. The highest BCUT2D eigenvalue weighted by molar-refractivity contribution is 5.98. The molecule has 0 aromatic rings. The Hall–Kier alpha value is -1.10. The van der Waals surface area contributed by atoms with E-state index in [1.165, 1.54) is 0 Å². The van der Waals surface area contributed by atoms with Crippen molar-refractivity contribution in [2.45, 2.75) is 13.1 Å². The van der Waals surface area contributed by atoms with Crippen molar-refractivity contribution in [1.29, 1.82) is 0 Å². The molecule has 68 valence electrons. The predicted molar refractivity (Wildman–Crippen MR) is 43.3 cm³/mol. The first-order valence-electron chi connectivity index (χ1n) is 3.80. The van der Waals surface area contributed by atoms with Crippen LogP contribution in [-0.2, 0) is 4.79 Å². The summed E-state index contributed by atoms with van der Waals surface area (Å²) >= 11 is 0. The average Bonchev–Trinajstić information content (AvgIpc) is 1.96. The molecule has 0 aromatic heterocycles. The third-order valence-corrected chi connectivity index (χ3v) is 1.96. The Balaban J connectivity index is 2.73. The molecule has 1 aliphatic rings. The standard InChI is InChI=1S/C7H13N3O2/c1-4-5(10(2)3)8-7(12)9-6(4)11/h4-5H,1-3H3,(H2,8,9,11,12). The van der Waals surface area contributed by atoms with Gasteiger partial charge in [-0.25, -0.2) is 4.79 Å². The predicted octanol–water partition coefficient (Wildman–Crippen LogP) is -0.650. The summed E-state index contributed by atoms with van der Waals surface area (Å²) in [4.78, 5) is 23.8. The minimum atomic E-state index is -0.420. The summed E-state index contributed by atoms with van der Waals surface area (Å²) in [6.45, 7) is 1.78. The fourth-order valence-corrected chi connectivity index (χ4v) is 1.24. The maximum atomic E-state index is 11.1. The third-order valence-electron chi connectivity index (χ3n) is 1.96. The summed E-state index contributed by atoms with van der Waals surface area (Å²) in [5.41, 5.74) is 0. The molecule has 1 heterocycles. The van der Waals surface area contributed by atoms with Gasteiger partial charge in [0, 0.05) is 0 Å². The molecule has 0 radical (unpaired) electrons. The highest BCUT2D eigenvalue weighted by atomic mass is 16.2. The lowest BCUT2D eigenvalue weighted by Gasteiger charge is -2.33. The molecule has 5 nitrogen and oxygen atoms in total. The molecule has 0 spiro atoms. The molecule has 1 aliphatic heterocycles. The minimum Gasteiger partial charge on any atom is -0.321 e. The van der Waals surface area contributed by atoms with Crippen molar-refractivity contribution in [3.63, 3.8) is 0 Å². The summed E-state index contributed by atoms with van der Waals surface area (Å²) < 4.78 is 0. The summed E-state index contributed by atoms with van der Waals surface area (Å²) in [7, 11) is 3.64. The van der Waals surface area contributed by atoms with Crippen molar-refractivity contribution in [3.8, 4) is 0 Å². The number of imide groups is 1. The van der Waals surface area contributed by atoms with Crippen LogP contribution in [0.25, 0.3) is 0 Å². The average molecular weight is 171 g/mol. The van der Waals surface area contributed by atoms with Gasteiger partial charge in [0.1, 0.15) is 0 Å². The normalized spacial score (nSPS) is 30.0. The molecule has 12 heavy (non-hydrogen) atoms. The second kappa shape index (κ2) is 3.10. The second-order valence-corrected chi connectivity index (χ2v) is 3.16. The minimum absolute atomic E-state index is 0.203.